The lowest BCUT2D eigenvalue weighted by molar-refractivity contribution is -0.152. The Labute approximate surface area is 56.9 Å². The average Bonchev–Trinajstić information content (AvgIpc) is 1.90. The van der Waals surface area contributed by atoms with Crippen LogP contribution in [0.2, 0.25) is 0 Å². The summed E-state index contributed by atoms with van der Waals surface area (Å²) in [6, 6.07) is 0. The highest BCUT2D eigenvalue weighted by Crippen LogP contribution is 1.94. The van der Waals surface area contributed by atoms with Crippen molar-refractivity contribution in [1.29, 1.82) is 0 Å². The van der Waals surface area contributed by atoms with Crippen molar-refractivity contribution in [1.82, 2.24) is 0 Å². The van der Waals surface area contributed by atoms with Gasteiger partial charge in [-0.2, -0.15) is 0 Å². The highest BCUT2D eigenvalue weighted by Gasteiger charge is 2.22. The Morgan fingerprint density at radius 1 is 1.20 bits per heavy atom. The zero-order valence-electron chi connectivity index (χ0n) is 5.15. The fourth-order valence-corrected chi connectivity index (χ4v) is 0.398. The largest absolute Gasteiger partial charge is 0.475 e. The predicted molar refractivity (Wildman–Crippen MR) is 30.3 cm³/mol. The number of aliphatic carboxylic acids is 1. The first-order chi connectivity index (χ1) is 4.63. The molecule has 0 saturated heterocycles. The number of Topliss-reactive ketones (excluding diaryl/α,β-unsaturated/α-hetero) is 1. The van der Waals surface area contributed by atoms with Gasteiger partial charge in [0.15, 0.2) is 0 Å². The number of carbonyl (C=O) groups is 2. The highest BCUT2D eigenvalue weighted by atomic mass is 16.4. The molecule has 0 atom stereocenters. The zero-order chi connectivity index (χ0) is 8.15. The van der Waals surface area contributed by atoms with E-state index in [1.54, 1.807) is 0 Å². The smallest absolute Gasteiger partial charge is 0.372 e. The van der Waals surface area contributed by atoms with E-state index >= 15 is 0 Å². The second-order valence-electron chi connectivity index (χ2n) is 1.73. The minimum atomic E-state index is -1.63. The summed E-state index contributed by atoms with van der Waals surface area (Å²) in [4.78, 5) is 20.3. The first kappa shape index (κ1) is 9.06. The maximum absolute atomic E-state index is 10.4. The first-order valence-corrected chi connectivity index (χ1v) is 2.62. The zero-order valence-corrected chi connectivity index (χ0v) is 5.15. The number of aliphatic hydroxyl groups is 2. The van der Waals surface area contributed by atoms with Gasteiger partial charge in [0.25, 0.3) is 0 Å². The van der Waals surface area contributed by atoms with Gasteiger partial charge < -0.3 is 15.3 Å². The van der Waals surface area contributed by atoms with E-state index in [-0.39, 0.29) is 0 Å². The van der Waals surface area contributed by atoms with Crippen molar-refractivity contribution < 1.29 is 24.9 Å². The van der Waals surface area contributed by atoms with Crippen molar-refractivity contribution in [2.45, 2.75) is 0 Å². The molecule has 5 heteroatoms. The van der Waals surface area contributed by atoms with Gasteiger partial charge in [0, 0.05) is 0 Å². The number of ketones is 1. The van der Waals surface area contributed by atoms with Crippen LogP contribution in [0.4, 0.5) is 0 Å². The summed E-state index contributed by atoms with van der Waals surface area (Å²) in [6.45, 7) is -1.27. The number of hydrogen-bond acceptors (Lipinski definition) is 4. The molecule has 5 nitrogen and oxygen atoms in total. The monoisotopic (exact) mass is 148 g/mol. The van der Waals surface area contributed by atoms with Crippen LogP contribution in [0, 0.1) is 5.92 Å². The van der Waals surface area contributed by atoms with E-state index in [9.17, 15) is 9.59 Å². The fraction of sp³-hybridized carbons (Fsp3) is 0.600. The van der Waals surface area contributed by atoms with Gasteiger partial charge in [0.05, 0.1) is 19.1 Å². The third-order valence-corrected chi connectivity index (χ3v) is 1.02. The van der Waals surface area contributed by atoms with Crippen LogP contribution >= 0.6 is 0 Å². The molecular weight excluding hydrogens is 140 g/mol. The molecule has 0 saturated carbocycles. The Bertz CT molecular complexity index is 137. The molecule has 0 rings (SSSR count). The topological polar surface area (TPSA) is 94.8 Å². The van der Waals surface area contributed by atoms with Crippen LogP contribution in [0.25, 0.3) is 0 Å². The molecule has 0 aliphatic rings. The van der Waals surface area contributed by atoms with E-state index in [1.807, 2.05) is 0 Å². The second kappa shape index (κ2) is 3.97. The van der Waals surface area contributed by atoms with Crippen LogP contribution < -0.4 is 0 Å². The van der Waals surface area contributed by atoms with Gasteiger partial charge in [0.2, 0.25) is 5.78 Å². The molecule has 0 aromatic carbocycles. The normalized spacial score (nSPS) is 9.90. The van der Waals surface area contributed by atoms with Crippen molar-refractivity contribution in [2.75, 3.05) is 13.2 Å². The van der Waals surface area contributed by atoms with Crippen LogP contribution in [-0.4, -0.2) is 40.3 Å². The number of rotatable bonds is 4. The Balaban J connectivity index is 4.02. The van der Waals surface area contributed by atoms with E-state index in [0.29, 0.717) is 0 Å². The van der Waals surface area contributed by atoms with Crippen molar-refractivity contribution >= 4 is 11.8 Å². The standard InChI is InChI=1S/C5H8O5/c6-1-3(2-7)4(8)5(9)10/h3,6-7H,1-2H2,(H,9,10). The molecule has 0 amide bonds. The summed E-state index contributed by atoms with van der Waals surface area (Å²) in [5.41, 5.74) is 0. The maximum Gasteiger partial charge on any atom is 0.372 e. The van der Waals surface area contributed by atoms with E-state index < -0.39 is 30.9 Å². The predicted octanol–water partition coefficient (Wildman–Crippen LogP) is -1.76. The summed E-state index contributed by atoms with van der Waals surface area (Å²) in [7, 11) is 0. The molecule has 0 aliphatic heterocycles. The van der Waals surface area contributed by atoms with Crippen molar-refractivity contribution in [3.63, 3.8) is 0 Å². The van der Waals surface area contributed by atoms with E-state index in [4.69, 9.17) is 15.3 Å². The van der Waals surface area contributed by atoms with E-state index in [2.05, 4.69) is 0 Å². The number of carbonyl (C=O) groups excluding carboxylic acids is 1. The summed E-state index contributed by atoms with van der Waals surface area (Å²) in [5, 5.41) is 24.6. The fourth-order valence-electron chi connectivity index (χ4n) is 0.398. The number of carboxylic acid groups (broad SMARTS) is 1. The van der Waals surface area contributed by atoms with Gasteiger partial charge in [0.1, 0.15) is 0 Å². The van der Waals surface area contributed by atoms with Crippen LogP contribution in [0.15, 0.2) is 0 Å². The molecule has 3 N–H and O–H groups in total. The van der Waals surface area contributed by atoms with Gasteiger partial charge >= 0.3 is 5.97 Å². The molecule has 0 aromatic rings. The lowest BCUT2D eigenvalue weighted by atomic mass is 10.1. The molecular formula is C5H8O5. The van der Waals surface area contributed by atoms with Gasteiger partial charge in [-0.05, 0) is 0 Å². The van der Waals surface area contributed by atoms with Crippen LogP contribution in [0.3, 0.4) is 0 Å². The van der Waals surface area contributed by atoms with Gasteiger partial charge in [-0.25, -0.2) is 4.79 Å². The molecule has 0 heterocycles. The molecule has 0 unspecified atom stereocenters. The summed E-state index contributed by atoms with van der Waals surface area (Å²) in [5.74, 6) is -3.98. The number of hydrogen-bond donors (Lipinski definition) is 3. The molecule has 0 radical (unpaired) electrons. The summed E-state index contributed by atoms with van der Waals surface area (Å²) < 4.78 is 0. The Morgan fingerprint density at radius 2 is 1.60 bits per heavy atom. The molecule has 0 spiro atoms. The van der Waals surface area contributed by atoms with Crippen LogP contribution in [-0.2, 0) is 9.59 Å². The van der Waals surface area contributed by atoms with Crippen LogP contribution in [0.5, 0.6) is 0 Å². The summed E-state index contributed by atoms with van der Waals surface area (Å²) in [6.07, 6.45) is 0. The second-order valence-corrected chi connectivity index (χ2v) is 1.73. The Hall–Kier alpha value is -0.940. The molecule has 0 bridgehead atoms. The molecule has 0 aromatic heterocycles. The average molecular weight is 148 g/mol. The Kier molecular flexibility index (Phi) is 3.60. The van der Waals surface area contributed by atoms with Crippen LogP contribution in [0.1, 0.15) is 0 Å². The van der Waals surface area contributed by atoms with Crippen molar-refractivity contribution in [2.24, 2.45) is 5.92 Å². The highest BCUT2D eigenvalue weighted by molar-refractivity contribution is 6.33. The third kappa shape index (κ3) is 2.12. The quantitative estimate of drug-likeness (QED) is 0.410. The lowest BCUT2D eigenvalue weighted by Crippen LogP contribution is -2.28. The molecule has 58 valence electrons. The van der Waals surface area contributed by atoms with E-state index in [0.717, 1.165) is 0 Å². The number of aliphatic hydroxyl groups excluding tert-OH is 2. The molecule has 0 fully saturated rings. The van der Waals surface area contributed by atoms with Crippen molar-refractivity contribution in [3.8, 4) is 0 Å². The maximum atomic E-state index is 10.4. The lowest BCUT2D eigenvalue weighted by Gasteiger charge is -2.03. The van der Waals surface area contributed by atoms with E-state index in [1.165, 1.54) is 0 Å². The minimum absolute atomic E-state index is 0.637. The number of carboxylic acids is 1. The molecule has 10 heavy (non-hydrogen) atoms. The van der Waals surface area contributed by atoms with Gasteiger partial charge in [-0.15, -0.1) is 0 Å². The first-order valence-electron chi connectivity index (χ1n) is 2.62. The Morgan fingerprint density at radius 3 is 1.70 bits per heavy atom. The minimum Gasteiger partial charge on any atom is -0.475 e. The summed E-state index contributed by atoms with van der Waals surface area (Å²) >= 11 is 0. The molecule has 0 aliphatic carbocycles. The van der Waals surface area contributed by atoms with Crippen molar-refractivity contribution in [3.05, 3.63) is 0 Å². The SMILES string of the molecule is O=C(O)C(=O)C(CO)CO. The van der Waals surface area contributed by atoms with Gasteiger partial charge in [-0.1, -0.05) is 0 Å². The van der Waals surface area contributed by atoms with Gasteiger partial charge in [-0.3, -0.25) is 4.79 Å². The third-order valence-electron chi connectivity index (χ3n) is 1.02.